The summed E-state index contributed by atoms with van der Waals surface area (Å²) in [6.45, 7) is 0.576. The van der Waals surface area contributed by atoms with E-state index in [2.05, 4.69) is 21.2 Å². The molecule has 0 amide bonds. The third-order valence-electron chi connectivity index (χ3n) is 2.24. The Morgan fingerprint density at radius 3 is 2.88 bits per heavy atom. The van der Waals surface area contributed by atoms with E-state index in [9.17, 15) is 4.39 Å². The monoisotopic (exact) mass is 310 g/mol. The average molecular weight is 311 g/mol. The Hall–Kier alpha value is -1.38. The third-order valence-corrected chi connectivity index (χ3v) is 3.89. The topological polar surface area (TPSA) is 35.8 Å². The predicted octanol–water partition coefficient (Wildman–Crippen LogP) is 4.13. The average Bonchev–Trinajstić information content (AvgIpc) is 2.84. The number of hydrogen-bond acceptors (Lipinski definition) is 3. The standard InChI is InChI=1S/C12H8BrFN2S/c13-11-8(6-15)3-4-10(12(11)14)16-7-9-2-1-5-17-9/h1-5,16H,7H2. The van der Waals surface area contributed by atoms with Crippen LogP contribution in [0.3, 0.4) is 0 Å². The second-order valence-electron chi connectivity index (χ2n) is 3.33. The van der Waals surface area contributed by atoms with Gasteiger partial charge in [0.25, 0.3) is 0 Å². The van der Waals surface area contributed by atoms with Gasteiger partial charge in [-0.2, -0.15) is 5.26 Å². The smallest absolute Gasteiger partial charge is 0.161 e. The summed E-state index contributed by atoms with van der Waals surface area (Å²) in [6, 6.07) is 9.01. The summed E-state index contributed by atoms with van der Waals surface area (Å²) in [7, 11) is 0. The van der Waals surface area contributed by atoms with Gasteiger partial charge in [-0.1, -0.05) is 6.07 Å². The van der Waals surface area contributed by atoms with E-state index in [1.807, 2.05) is 23.6 Å². The van der Waals surface area contributed by atoms with E-state index >= 15 is 0 Å². The van der Waals surface area contributed by atoms with Crippen LogP contribution in [0.1, 0.15) is 10.4 Å². The zero-order chi connectivity index (χ0) is 12.3. The quantitative estimate of drug-likeness (QED) is 0.925. The number of nitriles is 1. The van der Waals surface area contributed by atoms with Crippen LogP contribution in [0.25, 0.3) is 0 Å². The Morgan fingerprint density at radius 1 is 1.41 bits per heavy atom. The van der Waals surface area contributed by atoms with E-state index in [4.69, 9.17) is 5.26 Å². The second kappa shape index (κ2) is 5.30. The Kier molecular flexibility index (Phi) is 3.77. The second-order valence-corrected chi connectivity index (χ2v) is 5.16. The first-order chi connectivity index (χ1) is 8.22. The summed E-state index contributed by atoms with van der Waals surface area (Å²) < 4.78 is 14.0. The molecular formula is C12H8BrFN2S. The summed E-state index contributed by atoms with van der Waals surface area (Å²) in [5.41, 5.74) is 0.688. The van der Waals surface area contributed by atoms with Crippen LogP contribution in [0.5, 0.6) is 0 Å². The van der Waals surface area contributed by atoms with Crippen molar-refractivity contribution in [3.05, 3.63) is 50.4 Å². The van der Waals surface area contributed by atoms with E-state index in [1.54, 1.807) is 23.5 Å². The highest BCUT2D eigenvalue weighted by Crippen LogP contribution is 2.27. The summed E-state index contributed by atoms with van der Waals surface area (Å²) in [5, 5.41) is 13.7. The number of nitrogens with one attached hydrogen (secondary N) is 1. The lowest BCUT2D eigenvalue weighted by Crippen LogP contribution is -2.01. The first-order valence-corrected chi connectivity index (χ1v) is 6.54. The van der Waals surface area contributed by atoms with Crippen LogP contribution < -0.4 is 5.32 Å². The number of halogens is 2. The Balaban J connectivity index is 2.17. The van der Waals surface area contributed by atoms with Crippen molar-refractivity contribution in [1.29, 1.82) is 5.26 Å². The first-order valence-electron chi connectivity index (χ1n) is 4.86. The molecule has 0 fully saturated rings. The first kappa shape index (κ1) is 12.1. The predicted molar refractivity (Wildman–Crippen MR) is 70.5 cm³/mol. The van der Waals surface area contributed by atoms with Gasteiger partial charge in [0.05, 0.1) is 15.7 Å². The van der Waals surface area contributed by atoms with E-state index in [0.29, 0.717) is 17.8 Å². The largest absolute Gasteiger partial charge is 0.378 e. The number of rotatable bonds is 3. The Labute approximate surface area is 111 Å². The molecule has 1 heterocycles. The van der Waals surface area contributed by atoms with E-state index < -0.39 is 5.82 Å². The maximum absolute atomic E-state index is 13.8. The molecule has 0 aliphatic heterocycles. The van der Waals surface area contributed by atoms with E-state index in [0.717, 1.165) is 4.88 Å². The van der Waals surface area contributed by atoms with Crippen molar-refractivity contribution >= 4 is 33.0 Å². The minimum absolute atomic E-state index is 0.205. The molecule has 86 valence electrons. The van der Waals surface area contributed by atoms with Crippen molar-refractivity contribution in [2.75, 3.05) is 5.32 Å². The zero-order valence-electron chi connectivity index (χ0n) is 8.71. The SMILES string of the molecule is N#Cc1ccc(NCc2cccs2)c(F)c1Br. The van der Waals surface area contributed by atoms with Crippen molar-refractivity contribution in [3.63, 3.8) is 0 Å². The highest BCUT2D eigenvalue weighted by Gasteiger charge is 2.10. The van der Waals surface area contributed by atoms with Gasteiger partial charge in [-0.3, -0.25) is 0 Å². The summed E-state index contributed by atoms with van der Waals surface area (Å²) >= 11 is 4.69. The molecule has 5 heteroatoms. The molecule has 17 heavy (non-hydrogen) atoms. The van der Waals surface area contributed by atoms with Crippen molar-refractivity contribution in [2.24, 2.45) is 0 Å². The number of hydrogen-bond donors (Lipinski definition) is 1. The molecule has 0 saturated heterocycles. The number of benzene rings is 1. The van der Waals surface area contributed by atoms with Crippen LogP contribution in [-0.2, 0) is 6.54 Å². The number of nitrogens with zero attached hydrogens (tertiary/aromatic N) is 1. The molecule has 2 rings (SSSR count). The van der Waals surface area contributed by atoms with Gasteiger partial charge in [-0.05, 0) is 39.5 Å². The molecule has 2 nitrogen and oxygen atoms in total. The third kappa shape index (κ3) is 2.65. The van der Waals surface area contributed by atoms with Crippen LogP contribution in [0.2, 0.25) is 0 Å². The fourth-order valence-electron chi connectivity index (χ4n) is 1.37. The molecule has 0 aliphatic rings. The van der Waals surface area contributed by atoms with Crippen LogP contribution in [-0.4, -0.2) is 0 Å². The van der Waals surface area contributed by atoms with Crippen molar-refractivity contribution in [3.8, 4) is 6.07 Å². The van der Waals surface area contributed by atoms with Gasteiger partial charge in [0, 0.05) is 11.4 Å². The van der Waals surface area contributed by atoms with Gasteiger partial charge in [0.1, 0.15) is 6.07 Å². The summed E-state index contributed by atoms with van der Waals surface area (Å²) in [6.07, 6.45) is 0. The van der Waals surface area contributed by atoms with Crippen molar-refractivity contribution < 1.29 is 4.39 Å². The minimum atomic E-state index is -0.430. The maximum atomic E-state index is 13.8. The van der Waals surface area contributed by atoms with Crippen LogP contribution >= 0.6 is 27.3 Å². The lowest BCUT2D eigenvalue weighted by atomic mass is 10.2. The molecule has 1 N–H and O–H groups in total. The van der Waals surface area contributed by atoms with Crippen LogP contribution in [0.4, 0.5) is 10.1 Å². The molecule has 0 atom stereocenters. The summed E-state index contributed by atoms with van der Waals surface area (Å²) in [5.74, 6) is -0.430. The molecule has 0 radical (unpaired) electrons. The number of anilines is 1. The van der Waals surface area contributed by atoms with Gasteiger partial charge in [0.2, 0.25) is 0 Å². The van der Waals surface area contributed by atoms with Gasteiger partial charge in [-0.25, -0.2) is 4.39 Å². The van der Waals surface area contributed by atoms with Gasteiger partial charge >= 0.3 is 0 Å². The van der Waals surface area contributed by atoms with Gasteiger partial charge in [0.15, 0.2) is 5.82 Å². The Morgan fingerprint density at radius 2 is 2.24 bits per heavy atom. The molecule has 0 bridgehead atoms. The van der Waals surface area contributed by atoms with Crippen LogP contribution in [0, 0.1) is 17.1 Å². The fraction of sp³-hybridized carbons (Fsp3) is 0.0833. The van der Waals surface area contributed by atoms with Crippen molar-refractivity contribution in [1.82, 2.24) is 0 Å². The maximum Gasteiger partial charge on any atom is 0.161 e. The Bertz CT molecular complexity index is 561. The highest BCUT2D eigenvalue weighted by atomic mass is 79.9. The summed E-state index contributed by atoms with van der Waals surface area (Å²) in [4.78, 5) is 1.13. The molecule has 1 aromatic heterocycles. The molecular weight excluding hydrogens is 303 g/mol. The van der Waals surface area contributed by atoms with Crippen molar-refractivity contribution in [2.45, 2.75) is 6.54 Å². The molecule has 1 aromatic carbocycles. The molecule has 0 aliphatic carbocycles. The normalized spacial score (nSPS) is 9.94. The molecule has 0 saturated carbocycles. The molecule has 0 unspecified atom stereocenters. The van der Waals surface area contributed by atoms with Crippen LogP contribution in [0.15, 0.2) is 34.1 Å². The van der Waals surface area contributed by atoms with Gasteiger partial charge < -0.3 is 5.32 Å². The lowest BCUT2D eigenvalue weighted by molar-refractivity contribution is 0.623. The van der Waals surface area contributed by atoms with E-state index in [-0.39, 0.29) is 4.47 Å². The molecule has 2 aromatic rings. The fourth-order valence-corrected chi connectivity index (χ4v) is 2.45. The number of thiophene rings is 1. The van der Waals surface area contributed by atoms with Gasteiger partial charge in [-0.15, -0.1) is 11.3 Å². The zero-order valence-corrected chi connectivity index (χ0v) is 11.1. The molecule has 0 spiro atoms. The van der Waals surface area contributed by atoms with E-state index in [1.165, 1.54) is 0 Å². The highest BCUT2D eigenvalue weighted by molar-refractivity contribution is 9.10. The minimum Gasteiger partial charge on any atom is -0.378 e. The lowest BCUT2D eigenvalue weighted by Gasteiger charge is -2.08.